The summed E-state index contributed by atoms with van der Waals surface area (Å²) in [5.41, 5.74) is 0.539. The maximum absolute atomic E-state index is 12.5. The van der Waals surface area contributed by atoms with Crippen LogP contribution in [0.5, 0.6) is 5.75 Å². The second kappa shape index (κ2) is 11.5. The van der Waals surface area contributed by atoms with Crippen LogP contribution in [0.25, 0.3) is 10.6 Å². The minimum Gasteiger partial charge on any atom is -0.481 e. The van der Waals surface area contributed by atoms with E-state index in [1.54, 1.807) is 6.07 Å². The van der Waals surface area contributed by atoms with E-state index in [4.69, 9.17) is 20.0 Å². The van der Waals surface area contributed by atoms with Crippen LogP contribution in [-0.4, -0.2) is 52.8 Å². The van der Waals surface area contributed by atoms with E-state index in [1.165, 1.54) is 38.3 Å². The second-order valence-electron chi connectivity index (χ2n) is 7.68. The van der Waals surface area contributed by atoms with Gasteiger partial charge in [0.05, 0.1) is 5.41 Å². The lowest BCUT2D eigenvalue weighted by molar-refractivity contribution is -0.274. The Balaban J connectivity index is 2.03. The topological polar surface area (TPSA) is 167 Å². The zero-order valence-electron chi connectivity index (χ0n) is 19.0. The second-order valence-corrected chi connectivity index (χ2v) is 8.54. The van der Waals surface area contributed by atoms with Crippen LogP contribution in [0.4, 0.5) is 18.0 Å². The van der Waals surface area contributed by atoms with Crippen molar-refractivity contribution in [2.45, 2.75) is 33.4 Å². The monoisotopic (exact) mass is 527 g/mol. The summed E-state index contributed by atoms with van der Waals surface area (Å²) in [6.07, 6.45) is -7.13. The molecule has 11 nitrogen and oxygen atoms in total. The number of alkyl halides is 3. The largest absolute Gasteiger partial charge is 0.573 e. The summed E-state index contributed by atoms with van der Waals surface area (Å²) in [4.78, 5) is 26.9. The SMILES string of the molecule is CC(N/N=C(/C#N)C(=N)c1csc(-c2cccc(OC(F)(F)F)c2)n1)OC(=O)OCC(C)(C)C(=O)O. The molecule has 1 aromatic carbocycles. The van der Waals surface area contributed by atoms with Crippen molar-refractivity contribution in [3.63, 3.8) is 0 Å². The number of rotatable bonds is 10. The molecule has 3 N–H and O–H groups in total. The molecule has 0 bridgehead atoms. The molecule has 192 valence electrons. The summed E-state index contributed by atoms with van der Waals surface area (Å²) in [5.74, 6) is -1.61. The van der Waals surface area contributed by atoms with Gasteiger partial charge in [0.15, 0.2) is 11.9 Å². The zero-order valence-corrected chi connectivity index (χ0v) is 19.9. The standard InChI is InChI=1S/C21H20F3N5O6S/c1-11(34-19(32)33-10-20(2,3)18(30)31)28-29-14(8-25)16(26)15-9-36-17(27-15)12-5-4-6-13(7-12)35-21(22,23)24/h4-7,9,11,26,28H,10H2,1-3H3,(H,30,31)/b26-16?,29-14-. The molecule has 0 radical (unpaired) electrons. The van der Waals surface area contributed by atoms with Crippen molar-refractivity contribution in [3.05, 3.63) is 35.3 Å². The predicted octanol–water partition coefficient (Wildman–Crippen LogP) is 4.16. The maximum Gasteiger partial charge on any atom is 0.573 e. The van der Waals surface area contributed by atoms with Crippen LogP contribution in [-0.2, 0) is 14.3 Å². The highest BCUT2D eigenvalue weighted by molar-refractivity contribution is 7.13. The first-order valence-electron chi connectivity index (χ1n) is 9.93. The first-order valence-corrected chi connectivity index (χ1v) is 10.8. The number of hydrogen-bond donors (Lipinski definition) is 3. The number of nitrogens with zero attached hydrogens (tertiary/aromatic N) is 3. The highest BCUT2D eigenvalue weighted by Crippen LogP contribution is 2.30. The lowest BCUT2D eigenvalue weighted by Gasteiger charge is -2.19. The minimum absolute atomic E-state index is 0.0307. The van der Waals surface area contributed by atoms with E-state index in [0.29, 0.717) is 5.56 Å². The summed E-state index contributed by atoms with van der Waals surface area (Å²) in [6, 6.07) is 6.82. The maximum atomic E-state index is 12.5. The van der Waals surface area contributed by atoms with Gasteiger partial charge in [0.1, 0.15) is 34.8 Å². The zero-order chi connectivity index (χ0) is 27.1. The van der Waals surface area contributed by atoms with E-state index >= 15 is 0 Å². The molecule has 1 heterocycles. The van der Waals surface area contributed by atoms with Crippen LogP contribution in [0.15, 0.2) is 34.7 Å². The van der Waals surface area contributed by atoms with E-state index < -0.39 is 53.9 Å². The third-order valence-corrected chi connectivity index (χ3v) is 5.07. The Kier molecular flexibility index (Phi) is 8.95. The normalized spacial score (nSPS) is 12.8. The van der Waals surface area contributed by atoms with Gasteiger partial charge < -0.3 is 19.3 Å². The van der Waals surface area contributed by atoms with E-state index in [0.717, 1.165) is 23.5 Å². The number of aromatic nitrogens is 1. The van der Waals surface area contributed by atoms with Crippen molar-refractivity contribution in [1.29, 1.82) is 10.7 Å². The van der Waals surface area contributed by atoms with Crippen LogP contribution >= 0.6 is 11.3 Å². The number of carboxylic acid groups (broad SMARTS) is 1. The average molecular weight is 527 g/mol. The van der Waals surface area contributed by atoms with Gasteiger partial charge in [-0.05, 0) is 32.9 Å². The smallest absolute Gasteiger partial charge is 0.481 e. The summed E-state index contributed by atoms with van der Waals surface area (Å²) in [6.45, 7) is 3.62. The van der Waals surface area contributed by atoms with Crippen LogP contribution in [0.1, 0.15) is 26.5 Å². The molecule has 0 fully saturated rings. The van der Waals surface area contributed by atoms with Gasteiger partial charge in [-0.25, -0.2) is 9.78 Å². The number of ether oxygens (including phenoxy) is 3. The van der Waals surface area contributed by atoms with Gasteiger partial charge in [-0.3, -0.25) is 15.6 Å². The highest BCUT2D eigenvalue weighted by atomic mass is 32.1. The number of hydrogen-bond acceptors (Lipinski definition) is 11. The number of carboxylic acids is 1. The number of carbonyl (C=O) groups excluding carboxylic acids is 1. The van der Waals surface area contributed by atoms with Crippen molar-refractivity contribution in [2.75, 3.05) is 6.61 Å². The van der Waals surface area contributed by atoms with E-state index in [2.05, 4.69) is 20.2 Å². The van der Waals surface area contributed by atoms with Crippen LogP contribution < -0.4 is 10.2 Å². The number of nitrogens with one attached hydrogen (secondary N) is 2. The summed E-state index contributed by atoms with van der Waals surface area (Å²) >= 11 is 1.03. The molecule has 1 unspecified atom stereocenters. The van der Waals surface area contributed by atoms with Crippen LogP contribution in [0.2, 0.25) is 0 Å². The van der Waals surface area contributed by atoms with Crippen molar-refractivity contribution in [1.82, 2.24) is 10.4 Å². The molecular weight excluding hydrogens is 507 g/mol. The quantitative estimate of drug-likeness (QED) is 0.178. The molecule has 2 rings (SSSR count). The van der Waals surface area contributed by atoms with E-state index in [-0.39, 0.29) is 10.7 Å². The molecule has 1 aromatic heterocycles. The number of halogens is 3. The molecule has 2 aromatic rings. The number of benzene rings is 1. The van der Waals surface area contributed by atoms with Gasteiger partial charge in [-0.2, -0.15) is 10.4 Å². The number of carbonyl (C=O) groups is 2. The first-order chi connectivity index (χ1) is 16.7. The minimum atomic E-state index is -4.85. The molecule has 0 aliphatic rings. The lowest BCUT2D eigenvalue weighted by Crippen LogP contribution is -2.33. The van der Waals surface area contributed by atoms with Gasteiger partial charge >= 0.3 is 18.5 Å². The van der Waals surface area contributed by atoms with Crippen molar-refractivity contribution in [2.24, 2.45) is 10.5 Å². The molecular formula is C21H20F3N5O6S. The number of nitriles is 1. The molecule has 0 saturated heterocycles. The molecule has 0 aliphatic heterocycles. The molecule has 15 heteroatoms. The van der Waals surface area contributed by atoms with Gasteiger partial charge in [0.25, 0.3) is 0 Å². The first kappa shape index (κ1) is 28.1. The van der Waals surface area contributed by atoms with Crippen LogP contribution in [0, 0.1) is 22.2 Å². The van der Waals surface area contributed by atoms with E-state index in [9.17, 15) is 28.0 Å². The molecule has 0 saturated carbocycles. The molecule has 0 aliphatic carbocycles. The Morgan fingerprint density at radius 3 is 2.67 bits per heavy atom. The highest BCUT2D eigenvalue weighted by Gasteiger charge is 2.31. The Morgan fingerprint density at radius 1 is 1.36 bits per heavy atom. The fourth-order valence-corrected chi connectivity index (χ4v) is 3.07. The number of aliphatic carboxylic acids is 1. The predicted molar refractivity (Wildman–Crippen MR) is 121 cm³/mol. The summed E-state index contributed by atoms with van der Waals surface area (Å²) < 4.78 is 50.9. The molecule has 0 spiro atoms. The fourth-order valence-electron chi connectivity index (χ4n) is 2.27. The lowest BCUT2D eigenvalue weighted by atomic mass is 9.95. The number of hydrazone groups is 1. The Bertz CT molecular complexity index is 1210. The van der Waals surface area contributed by atoms with Crippen molar-refractivity contribution in [3.8, 4) is 22.4 Å². The molecule has 36 heavy (non-hydrogen) atoms. The van der Waals surface area contributed by atoms with E-state index in [1.807, 2.05) is 0 Å². The third kappa shape index (κ3) is 8.24. The average Bonchev–Trinajstić information content (AvgIpc) is 3.27. The molecule has 0 amide bonds. The number of thiazole rings is 1. The Morgan fingerprint density at radius 2 is 2.06 bits per heavy atom. The Labute approximate surface area is 206 Å². The van der Waals surface area contributed by atoms with Crippen molar-refractivity contribution < 1.29 is 42.1 Å². The van der Waals surface area contributed by atoms with Gasteiger partial charge in [-0.15, -0.1) is 24.5 Å². The van der Waals surface area contributed by atoms with Crippen LogP contribution in [0.3, 0.4) is 0 Å². The van der Waals surface area contributed by atoms with Gasteiger partial charge in [0, 0.05) is 10.9 Å². The van der Waals surface area contributed by atoms with Gasteiger partial charge in [-0.1, -0.05) is 12.1 Å². The summed E-state index contributed by atoms with van der Waals surface area (Å²) in [5, 5.41) is 31.9. The molecule has 1 atom stereocenters. The van der Waals surface area contributed by atoms with Gasteiger partial charge in [0.2, 0.25) is 0 Å². The summed E-state index contributed by atoms with van der Waals surface area (Å²) in [7, 11) is 0. The van der Waals surface area contributed by atoms with Crippen molar-refractivity contribution >= 4 is 34.9 Å². The third-order valence-electron chi connectivity index (χ3n) is 4.18. The Hall–Kier alpha value is -4.19. The fraction of sp³-hybridized carbons (Fsp3) is 0.333.